The van der Waals surface area contributed by atoms with Gasteiger partial charge in [0.1, 0.15) is 0 Å². The smallest absolute Gasteiger partial charge is 0.312 e. The van der Waals surface area contributed by atoms with Crippen LogP contribution in [0.5, 0.6) is 0 Å². The second-order valence-electron chi connectivity index (χ2n) is 30.3. The number of ether oxygens (including phenoxy) is 2. The third kappa shape index (κ3) is 6.91. The number of nitrogens with one attached hydrogen (secondary N) is 1. The van der Waals surface area contributed by atoms with Gasteiger partial charge in [-0.3, -0.25) is 33.6 Å². The monoisotopic (exact) mass is 1030 g/mol. The molecule has 10 heteroatoms. The van der Waals surface area contributed by atoms with Gasteiger partial charge in [0.05, 0.1) is 36.3 Å². The molecular formula is C65H87NO9. The Hall–Kier alpha value is -4.39. The minimum absolute atomic E-state index is 0.0266. The molecule has 1 amide bonds. The minimum Gasteiger partial charge on any atom is -0.469 e. The van der Waals surface area contributed by atoms with Crippen molar-refractivity contribution in [3.05, 3.63) is 46.7 Å². The number of methoxy groups -OCH3 is 2. The Kier molecular flexibility index (Phi) is 11.8. The molecule has 0 aromatic carbocycles. The van der Waals surface area contributed by atoms with Crippen LogP contribution in [0.15, 0.2) is 46.7 Å². The van der Waals surface area contributed by atoms with E-state index in [2.05, 4.69) is 86.4 Å². The molecule has 1 N–H and O–H groups in total. The van der Waals surface area contributed by atoms with E-state index < -0.39 is 60.1 Å². The second-order valence-corrected chi connectivity index (χ2v) is 30.3. The van der Waals surface area contributed by atoms with Crippen LogP contribution < -0.4 is 5.32 Å². The number of esters is 2. The van der Waals surface area contributed by atoms with Crippen molar-refractivity contribution in [2.45, 2.75) is 187 Å². The van der Waals surface area contributed by atoms with Crippen molar-refractivity contribution in [2.24, 2.45) is 100 Å². The SMILES string of the molecule is COC(=O)C12CCC(C)(C)CC1C1C(=O)C=C3C4(C)C=C(C#CC(=O)NC5=CC6(C)C7=CC(=O)C8C9CC(C)(C)CCC9(C(=O)OC)CC[C@@]8(C)C7(C)CCC6C(C)(C)C5=O)C(=O)C(C)(C)C4CCC3(C)C1(C)CC2. The quantitative estimate of drug-likeness (QED) is 0.215. The molecule has 6 fully saturated rings. The van der Waals surface area contributed by atoms with Crippen molar-refractivity contribution in [2.75, 3.05) is 14.2 Å². The third-order valence-corrected chi connectivity index (χ3v) is 25.2. The third-order valence-electron chi connectivity index (χ3n) is 25.2. The highest BCUT2D eigenvalue weighted by Gasteiger charge is 2.73. The molecule has 10 aliphatic carbocycles. The Labute approximate surface area is 447 Å². The molecule has 0 aromatic heterocycles. The number of rotatable bonds is 3. The summed E-state index contributed by atoms with van der Waals surface area (Å²) < 4.78 is 11.1. The molecular weight excluding hydrogens is 939 g/mol. The standard InChI is InChI=1S/C65H87NO9/c1-54(2)23-27-64(52(72)74-15)29-25-62(13)48(38(64)34-54)41(67)31-45-58(9)33-37(50(70)56(5,6)43(58)19-21-60(45,62)11)17-18-47(69)66-40-36-59(10)44(57(7,8)51(40)71)20-22-61(12)46(59)32-42(68)49-39-35-55(3,4)24-28-65(39,53(73)75-16)30-26-63(49,61)14/h31-33,36,38-39,43-44,48-49H,19-30,34-35H2,1-16H3,(H,66,69)/t38?,39?,43?,44?,48?,49?,58?,59?,60?,61?,62?,63-,64?,65?/m1/s1. The van der Waals surface area contributed by atoms with Gasteiger partial charge in [0.2, 0.25) is 0 Å². The minimum atomic E-state index is -0.904. The topological polar surface area (TPSA) is 150 Å². The number of carbonyl (C=O) groups is 7. The van der Waals surface area contributed by atoms with E-state index in [1.165, 1.54) is 14.2 Å². The van der Waals surface area contributed by atoms with Crippen LogP contribution in [-0.4, -0.2) is 55.2 Å². The van der Waals surface area contributed by atoms with Crippen LogP contribution in [0.4, 0.5) is 0 Å². The number of amides is 1. The summed E-state index contributed by atoms with van der Waals surface area (Å²) in [5.41, 5.74) is -4.18. The van der Waals surface area contributed by atoms with E-state index in [1.54, 1.807) is 0 Å². The lowest BCUT2D eigenvalue weighted by Crippen LogP contribution is -2.66. The van der Waals surface area contributed by atoms with Gasteiger partial charge < -0.3 is 14.8 Å². The van der Waals surface area contributed by atoms with Crippen LogP contribution in [0.25, 0.3) is 0 Å². The van der Waals surface area contributed by atoms with E-state index in [1.807, 2.05) is 52.0 Å². The highest BCUT2D eigenvalue weighted by molar-refractivity contribution is 6.10. The summed E-state index contributed by atoms with van der Waals surface area (Å²) in [7, 11) is 2.94. The lowest BCUT2D eigenvalue weighted by Gasteiger charge is -2.68. The molecule has 0 spiro atoms. The number of allylic oxidation sites excluding steroid dienone is 8. The number of ketones is 4. The lowest BCUT2D eigenvalue weighted by atomic mass is 9.34. The van der Waals surface area contributed by atoms with Crippen LogP contribution >= 0.6 is 0 Å². The summed E-state index contributed by atoms with van der Waals surface area (Å²) in [4.78, 5) is 102. The Balaban J connectivity index is 0.990. The molecule has 0 heterocycles. The van der Waals surface area contributed by atoms with Gasteiger partial charge in [0.15, 0.2) is 23.1 Å². The second kappa shape index (κ2) is 16.3. The first-order valence-corrected chi connectivity index (χ1v) is 28.6. The average Bonchev–Trinajstić information content (AvgIpc) is 3.32. The van der Waals surface area contributed by atoms with E-state index >= 15 is 9.59 Å². The Morgan fingerprint density at radius 3 is 1.36 bits per heavy atom. The molecule has 14 atom stereocenters. The van der Waals surface area contributed by atoms with Crippen molar-refractivity contribution in [1.82, 2.24) is 5.32 Å². The van der Waals surface area contributed by atoms with Crippen molar-refractivity contribution in [3.8, 4) is 11.8 Å². The maximum absolute atomic E-state index is 15.1. The number of hydrogen-bond acceptors (Lipinski definition) is 9. The zero-order chi connectivity index (χ0) is 55.1. The highest BCUT2D eigenvalue weighted by atomic mass is 16.5. The molecule has 406 valence electrons. The van der Waals surface area contributed by atoms with Crippen molar-refractivity contribution in [1.29, 1.82) is 0 Å². The van der Waals surface area contributed by atoms with Crippen LogP contribution in [0.3, 0.4) is 0 Å². The van der Waals surface area contributed by atoms with Gasteiger partial charge in [0.25, 0.3) is 0 Å². The van der Waals surface area contributed by atoms with Gasteiger partial charge in [-0.1, -0.05) is 120 Å². The van der Waals surface area contributed by atoms with E-state index in [4.69, 9.17) is 9.47 Å². The molecule has 10 aliphatic rings. The molecule has 0 bridgehead atoms. The molecule has 0 aromatic rings. The predicted molar refractivity (Wildman–Crippen MR) is 287 cm³/mol. The molecule has 0 radical (unpaired) electrons. The molecule has 0 aliphatic heterocycles. The predicted octanol–water partition coefficient (Wildman–Crippen LogP) is 11.8. The van der Waals surface area contributed by atoms with Gasteiger partial charge >= 0.3 is 17.8 Å². The Morgan fingerprint density at radius 2 is 0.933 bits per heavy atom. The zero-order valence-electron chi connectivity index (χ0n) is 48.3. The Morgan fingerprint density at radius 1 is 0.533 bits per heavy atom. The van der Waals surface area contributed by atoms with Crippen molar-refractivity contribution in [3.63, 3.8) is 0 Å². The Bertz CT molecular complexity index is 2840. The number of fused-ring (bicyclic) bond motifs is 14. The van der Waals surface area contributed by atoms with E-state index in [9.17, 15) is 24.0 Å². The van der Waals surface area contributed by atoms with Crippen LogP contribution in [0.1, 0.15) is 187 Å². The first kappa shape index (κ1) is 54.0. The molecule has 6 saturated carbocycles. The number of hydrogen-bond donors (Lipinski definition) is 1. The highest BCUT2D eigenvalue weighted by Crippen LogP contribution is 2.77. The number of carbonyl (C=O) groups excluding carboxylic acids is 7. The van der Waals surface area contributed by atoms with E-state index in [0.717, 1.165) is 62.5 Å². The first-order chi connectivity index (χ1) is 34.6. The van der Waals surface area contributed by atoms with E-state index in [0.29, 0.717) is 38.5 Å². The van der Waals surface area contributed by atoms with Crippen LogP contribution in [0.2, 0.25) is 0 Å². The summed E-state index contributed by atoms with van der Waals surface area (Å²) >= 11 is 0. The maximum atomic E-state index is 15.1. The zero-order valence-corrected chi connectivity index (χ0v) is 48.3. The van der Waals surface area contributed by atoms with Gasteiger partial charge in [-0.2, -0.15) is 0 Å². The molecule has 10 rings (SSSR count). The largest absolute Gasteiger partial charge is 0.469 e. The summed E-state index contributed by atoms with van der Waals surface area (Å²) in [6.07, 6.45) is 18.2. The maximum Gasteiger partial charge on any atom is 0.312 e. The summed E-state index contributed by atoms with van der Waals surface area (Å²) in [6.45, 7) is 30.3. The van der Waals surface area contributed by atoms with Crippen LogP contribution in [-0.2, 0) is 43.0 Å². The number of Topliss-reactive ketones (excluding diaryl/α,β-unsaturated/α-hetero) is 2. The summed E-state index contributed by atoms with van der Waals surface area (Å²) in [5.74, 6) is 3.12. The van der Waals surface area contributed by atoms with Crippen molar-refractivity contribution < 1.29 is 43.0 Å². The average molecular weight is 1030 g/mol. The molecule has 10 nitrogen and oxygen atoms in total. The first-order valence-electron chi connectivity index (χ1n) is 28.6. The fourth-order valence-electron chi connectivity index (χ4n) is 20.7. The molecule has 13 unspecified atom stereocenters. The molecule has 75 heavy (non-hydrogen) atoms. The summed E-state index contributed by atoms with van der Waals surface area (Å²) in [6, 6.07) is 0. The normalized spacial score (nSPS) is 45.4. The molecule has 0 saturated heterocycles. The van der Waals surface area contributed by atoms with Gasteiger partial charge in [-0.05, 0) is 164 Å². The van der Waals surface area contributed by atoms with E-state index in [-0.39, 0.29) is 92.7 Å². The fourth-order valence-corrected chi connectivity index (χ4v) is 20.7. The van der Waals surface area contributed by atoms with Gasteiger partial charge in [-0.15, -0.1) is 0 Å². The van der Waals surface area contributed by atoms with Crippen LogP contribution in [0, 0.1) is 112 Å². The summed E-state index contributed by atoms with van der Waals surface area (Å²) in [5, 5.41) is 2.92. The van der Waals surface area contributed by atoms with Gasteiger partial charge in [-0.25, -0.2) is 0 Å². The van der Waals surface area contributed by atoms with Gasteiger partial charge in [0, 0.05) is 39.4 Å². The lowest BCUT2D eigenvalue weighted by molar-refractivity contribution is -0.192. The van der Waals surface area contributed by atoms with Crippen molar-refractivity contribution >= 4 is 41.0 Å². The fraction of sp³-hybridized carbons (Fsp3) is 0.738.